The Morgan fingerprint density at radius 2 is 1.70 bits per heavy atom. The van der Waals surface area contributed by atoms with Gasteiger partial charge in [0.2, 0.25) is 6.54 Å². The average molecular weight is 411 g/mol. The van der Waals surface area contributed by atoms with Gasteiger partial charge >= 0.3 is 5.97 Å². The number of ether oxygens (including phenoxy) is 1. The number of hydrogen-bond donors (Lipinski definition) is 0. The number of esters is 1. The predicted octanol–water partition coefficient (Wildman–Crippen LogP) is 2.82. The molecule has 0 N–H and O–H groups in total. The molecule has 6 heteroatoms. The van der Waals surface area contributed by atoms with Crippen molar-refractivity contribution in [2.24, 2.45) is 5.41 Å². The third kappa shape index (κ3) is 4.79. The molecule has 1 unspecified atom stereocenters. The van der Waals surface area contributed by atoms with E-state index in [4.69, 9.17) is 11.3 Å². The maximum atomic E-state index is 12.6. The van der Waals surface area contributed by atoms with Crippen molar-refractivity contribution < 1.29 is 9.53 Å². The van der Waals surface area contributed by atoms with Crippen LogP contribution in [0, 0.1) is 18.9 Å². The molecule has 1 atom stereocenters. The van der Waals surface area contributed by atoms with Gasteiger partial charge in [-0.1, -0.05) is 17.7 Å². The Morgan fingerprint density at radius 3 is 2.37 bits per heavy atom. The molecule has 0 radical (unpaired) electrons. The maximum absolute atomic E-state index is 12.6. The van der Waals surface area contributed by atoms with Crippen molar-refractivity contribution in [2.75, 3.05) is 63.8 Å². The molecule has 1 aromatic rings. The second-order valence-corrected chi connectivity index (χ2v) is 9.19. The number of piperazine rings is 1. The lowest BCUT2D eigenvalue weighted by Crippen LogP contribution is -2.47. The standard InChI is InChI=1S/C24H34N4O2/c1-20-3-5-21(6-4-20)28-17-15-26(16-18-28)11-7-22-19-24(23(29)30-22)8-12-27(13-9-24)14-10-25-2/h3-6,22H,7-19H2,1H3. The van der Waals surface area contributed by atoms with Crippen molar-refractivity contribution in [3.05, 3.63) is 41.2 Å². The fourth-order valence-electron chi connectivity index (χ4n) is 5.11. The molecule has 162 valence electrons. The molecule has 0 amide bonds. The van der Waals surface area contributed by atoms with Gasteiger partial charge in [0.05, 0.1) is 12.0 Å². The second kappa shape index (κ2) is 9.36. The highest BCUT2D eigenvalue weighted by Crippen LogP contribution is 2.43. The van der Waals surface area contributed by atoms with Crippen LogP contribution in [-0.2, 0) is 9.53 Å². The smallest absolute Gasteiger partial charge is 0.312 e. The molecule has 3 fully saturated rings. The van der Waals surface area contributed by atoms with Crippen LogP contribution in [0.1, 0.15) is 31.2 Å². The number of nitrogens with zero attached hydrogens (tertiary/aromatic N) is 4. The summed E-state index contributed by atoms with van der Waals surface area (Å²) in [6.07, 6.45) is 3.67. The van der Waals surface area contributed by atoms with Gasteiger partial charge < -0.3 is 14.5 Å². The van der Waals surface area contributed by atoms with Crippen LogP contribution in [0.3, 0.4) is 0 Å². The summed E-state index contributed by atoms with van der Waals surface area (Å²) in [5.41, 5.74) is 2.36. The summed E-state index contributed by atoms with van der Waals surface area (Å²) in [5, 5.41) is 0. The van der Waals surface area contributed by atoms with Crippen molar-refractivity contribution in [1.29, 1.82) is 0 Å². The Hall–Kier alpha value is -2.10. The zero-order chi connectivity index (χ0) is 21.0. The van der Waals surface area contributed by atoms with Crippen LogP contribution in [0.2, 0.25) is 0 Å². The molecule has 3 heterocycles. The van der Waals surface area contributed by atoms with Crippen molar-refractivity contribution >= 4 is 11.7 Å². The summed E-state index contributed by atoms with van der Waals surface area (Å²) in [7, 11) is 0. The van der Waals surface area contributed by atoms with E-state index < -0.39 is 0 Å². The largest absolute Gasteiger partial charge is 0.462 e. The van der Waals surface area contributed by atoms with Crippen LogP contribution in [-0.4, -0.2) is 80.8 Å². The molecule has 1 spiro atoms. The van der Waals surface area contributed by atoms with Crippen LogP contribution in [0.4, 0.5) is 5.69 Å². The maximum Gasteiger partial charge on any atom is 0.312 e. The minimum atomic E-state index is -0.261. The predicted molar refractivity (Wildman–Crippen MR) is 119 cm³/mol. The van der Waals surface area contributed by atoms with E-state index in [0.29, 0.717) is 6.54 Å². The highest BCUT2D eigenvalue weighted by atomic mass is 16.6. The first-order valence-electron chi connectivity index (χ1n) is 11.4. The molecular weight excluding hydrogens is 376 g/mol. The second-order valence-electron chi connectivity index (χ2n) is 9.19. The Labute approximate surface area is 180 Å². The van der Waals surface area contributed by atoms with Crippen LogP contribution in [0.5, 0.6) is 0 Å². The molecule has 3 aliphatic heterocycles. The molecule has 0 aromatic heterocycles. The van der Waals surface area contributed by atoms with Gasteiger partial charge in [0.25, 0.3) is 0 Å². The van der Waals surface area contributed by atoms with E-state index in [1.165, 1.54) is 11.3 Å². The lowest BCUT2D eigenvalue weighted by atomic mass is 9.75. The summed E-state index contributed by atoms with van der Waals surface area (Å²) in [6.45, 7) is 17.5. The molecule has 3 saturated heterocycles. The molecule has 0 bridgehead atoms. The number of cyclic esters (lactones) is 1. The summed E-state index contributed by atoms with van der Waals surface area (Å²) >= 11 is 0. The SMILES string of the molecule is [C-]#[N+]CCN1CCC2(CC1)CC(CCN1CCN(c3ccc(C)cc3)CC1)OC2=O. The first-order chi connectivity index (χ1) is 14.6. The molecule has 3 aliphatic rings. The van der Waals surface area contributed by atoms with Crippen molar-refractivity contribution in [3.63, 3.8) is 0 Å². The van der Waals surface area contributed by atoms with Gasteiger partial charge in [-0.25, -0.2) is 6.57 Å². The number of likely N-dealkylation sites (tertiary alicyclic amines) is 1. The lowest BCUT2D eigenvalue weighted by Gasteiger charge is -2.36. The quantitative estimate of drug-likeness (QED) is 0.533. The van der Waals surface area contributed by atoms with Crippen molar-refractivity contribution in [3.8, 4) is 0 Å². The number of benzene rings is 1. The number of piperidine rings is 1. The van der Waals surface area contributed by atoms with E-state index in [1.807, 2.05) is 0 Å². The highest BCUT2D eigenvalue weighted by Gasteiger charge is 2.50. The number of aryl methyl sites for hydroxylation is 1. The first kappa shape index (κ1) is 21.1. The van der Waals surface area contributed by atoms with E-state index in [-0.39, 0.29) is 17.5 Å². The summed E-state index contributed by atoms with van der Waals surface area (Å²) < 4.78 is 5.82. The zero-order valence-corrected chi connectivity index (χ0v) is 18.2. The number of hydrogen-bond acceptors (Lipinski definition) is 5. The average Bonchev–Trinajstić information content (AvgIpc) is 3.08. The van der Waals surface area contributed by atoms with Gasteiger partial charge in [-0.05, 0) is 51.4 Å². The number of carbonyl (C=O) groups is 1. The van der Waals surface area contributed by atoms with Crippen LogP contribution in [0.25, 0.3) is 4.85 Å². The molecule has 4 rings (SSSR count). The lowest BCUT2D eigenvalue weighted by molar-refractivity contribution is -0.151. The molecular formula is C24H34N4O2. The Kier molecular flexibility index (Phi) is 6.60. The molecule has 0 saturated carbocycles. The summed E-state index contributed by atoms with van der Waals surface area (Å²) in [6, 6.07) is 8.80. The Balaban J connectivity index is 1.20. The number of carbonyl (C=O) groups excluding carboxylic acids is 1. The zero-order valence-electron chi connectivity index (χ0n) is 18.2. The van der Waals surface area contributed by atoms with Crippen molar-refractivity contribution in [2.45, 2.75) is 38.7 Å². The van der Waals surface area contributed by atoms with Gasteiger partial charge in [0, 0.05) is 44.8 Å². The van der Waals surface area contributed by atoms with Gasteiger partial charge in [0.1, 0.15) is 6.10 Å². The third-order valence-electron chi connectivity index (χ3n) is 7.21. The van der Waals surface area contributed by atoms with Gasteiger partial charge in [0.15, 0.2) is 0 Å². The molecule has 30 heavy (non-hydrogen) atoms. The normalized spacial score (nSPS) is 24.7. The topological polar surface area (TPSA) is 40.4 Å². The molecule has 1 aromatic carbocycles. The fraction of sp³-hybridized carbons (Fsp3) is 0.667. The Bertz CT molecular complexity index is 756. The van der Waals surface area contributed by atoms with Gasteiger partial charge in [-0.2, -0.15) is 0 Å². The van der Waals surface area contributed by atoms with E-state index in [0.717, 1.165) is 78.0 Å². The van der Waals surface area contributed by atoms with E-state index in [9.17, 15) is 4.79 Å². The van der Waals surface area contributed by atoms with Gasteiger partial charge in [-0.3, -0.25) is 14.6 Å². The van der Waals surface area contributed by atoms with Crippen LogP contribution < -0.4 is 4.90 Å². The monoisotopic (exact) mass is 410 g/mol. The summed E-state index contributed by atoms with van der Waals surface area (Å²) in [5.74, 6) is 0.0292. The fourth-order valence-corrected chi connectivity index (χ4v) is 5.11. The minimum absolute atomic E-state index is 0.0292. The molecule has 6 nitrogen and oxygen atoms in total. The van der Waals surface area contributed by atoms with E-state index in [1.54, 1.807) is 0 Å². The Morgan fingerprint density at radius 1 is 1.03 bits per heavy atom. The highest BCUT2D eigenvalue weighted by molar-refractivity contribution is 5.79. The van der Waals surface area contributed by atoms with E-state index in [2.05, 4.69) is 50.7 Å². The summed E-state index contributed by atoms with van der Waals surface area (Å²) in [4.78, 5) is 23.4. The van der Waals surface area contributed by atoms with Crippen LogP contribution in [0.15, 0.2) is 24.3 Å². The minimum Gasteiger partial charge on any atom is -0.462 e. The molecule has 0 aliphatic carbocycles. The number of rotatable bonds is 6. The van der Waals surface area contributed by atoms with Gasteiger partial charge in [-0.15, -0.1) is 0 Å². The van der Waals surface area contributed by atoms with E-state index >= 15 is 0 Å². The third-order valence-corrected chi connectivity index (χ3v) is 7.21. The van der Waals surface area contributed by atoms with Crippen molar-refractivity contribution in [1.82, 2.24) is 9.80 Å². The first-order valence-corrected chi connectivity index (χ1v) is 11.4. The number of anilines is 1. The van der Waals surface area contributed by atoms with Crippen LogP contribution >= 0.6 is 0 Å².